The molecule has 4 atom stereocenters. The normalized spacial score (nSPS) is 22.1. The van der Waals surface area contributed by atoms with Crippen molar-refractivity contribution in [3.63, 3.8) is 0 Å². The van der Waals surface area contributed by atoms with Crippen LogP contribution in [0.15, 0.2) is 42.9 Å². The third kappa shape index (κ3) is 15.2. The number of hydrogen-bond acceptors (Lipinski definition) is 9. The number of aromatic nitrogens is 2. The highest BCUT2D eigenvalue weighted by Crippen LogP contribution is 2.19. The molecule has 16 nitrogen and oxygen atoms in total. The molecule has 2 aromatic rings. The fraction of sp³-hybridized carbons (Fsp3) is 0.529. The third-order valence-corrected chi connectivity index (χ3v) is 9.38. The van der Waals surface area contributed by atoms with Crippen molar-refractivity contribution >= 4 is 53.2 Å². The van der Waals surface area contributed by atoms with E-state index in [2.05, 4.69) is 41.9 Å². The van der Waals surface area contributed by atoms with E-state index in [1.807, 2.05) is 6.92 Å². The molecule has 0 saturated carbocycles. The van der Waals surface area contributed by atoms with Gasteiger partial charge in [0.15, 0.2) is 0 Å². The minimum absolute atomic E-state index is 0.0518. The molecule has 0 aliphatic carbocycles. The summed E-state index contributed by atoms with van der Waals surface area (Å²) >= 11 is 0.997. The number of thioether (sulfide) groups is 1. The SMILES string of the molecule is CCCCCC(=O)NC1CSC(C(=O)O)CCCCNC(=O)CNC(=O)CNC(=O)C(Cc2ccccc2)NC(=O)[C@H](Cc2cnc[nH]2)NC1=O. The number of aliphatic carboxylic acids is 1. The van der Waals surface area contributed by atoms with Gasteiger partial charge in [0, 0.05) is 43.5 Å². The standard InChI is InChI=1S/C34H48N8O8S/c1-2-3-5-13-28(43)40-26-20-51-27(34(49)50)12-8-9-14-36-29(44)18-37-30(45)19-38-31(46)24(15-22-10-6-4-7-11-22)41-32(47)25(42-33(26)48)16-23-17-35-21-39-23/h4,6-7,10-11,17,21,24-27H,2-3,5,8-9,12-16,18-20H2,1H3,(H,35,39)(H,36,44)(H,37,45)(H,38,46)(H,40,43)(H,41,47)(H,42,48)(H,49,50)/t24?,25-,26?,27?/m0/s1. The van der Waals surface area contributed by atoms with Gasteiger partial charge < -0.3 is 42.0 Å². The number of carboxylic acid groups (broad SMARTS) is 1. The van der Waals surface area contributed by atoms with Crippen LogP contribution in [0.4, 0.5) is 0 Å². The number of imidazole rings is 1. The molecule has 6 amide bonds. The molecule has 1 aromatic carbocycles. The largest absolute Gasteiger partial charge is 0.480 e. The monoisotopic (exact) mass is 728 g/mol. The van der Waals surface area contributed by atoms with Gasteiger partial charge in [-0.05, 0) is 24.8 Å². The molecule has 51 heavy (non-hydrogen) atoms. The lowest BCUT2D eigenvalue weighted by atomic mass is 10.0. The molecule has 1 aromatic heterocycles. The number of carbonyl (C=O) groups is 7. The van der Waals surface area contributed by atoms with Gasteiger partial charge in [-0.3, -0.25) is 33.6 Å². The van der Waals surface area contributed by atoms with E-state index in [0.717, 1.165) is 24.6 Å². The molecule has 2 heterocycles. The van der Waals surface area contributed by atoms with Crippen molar-refractivity contribution in [2.75, 3.05) is 25.4 Å². The van der Waals surface area contributed by atoms with Crippen molar-refractivity contribution in [1.29, 1.82) is 0 Å². The van der Waals surface area contributed by atoms with Crippen LogP contribution in [0.1, 0.15) is 63.1 Å². The smallest absolute Gasteiger partial charge is 0.316 e. The van der Waals surface area contributed by atoms with Gasteiger partial charge in [0.1, 0.15) is 23.4 Å². The van der Waals surface area contributed by atoms with Gasteiger partial charge >= 0.3 is 5.97 Å². The van der Waals surface area contributed by atoms with Crippen LogP contribution in [0.5, 0.6) is 0 Å². The molecule has 17 heteroatoms. The van der Waals surface area contributed by atoms with Crippen LogP contribution in [0.2, 0.25) is 0 Å². The number of unbranched alkanes of at least 4 members (excludes halogenated alkanes) is 2. The number of nitrogens with zero attached hydrogens (tertiary/aromatic N) is 1. The summed E-state index contributed by atoms with van der Waals surface area (Å²) in [4.78, 5) is 97.7. The first-order valence-electron chi connectivity index (χ1n) is 17.1. The first-order chi connectivity index (χ1) is 24.5. The number of carbonyl (C=O) groups excluding carboxylic acids is 6. The van der Waals surface area contributed by atoms with Crippen molar-refractivity contribution in [3.05, 3.63) is 54.1 Å². The highest BCUT2D eigenvalue weighted by Gasteiger charge is 2.32. The molecule has 0 radical (unpaired) electrons. The van der Waals surface area contributed by atoms with Crippen LogP contribution in [0.3, 0.4) is 0 Å². The maximum atomic E-state index is 13.9. The van der Waals surface area contributed by atoms with Crippen LogP contribution in [0, 0.1) is 0 Å². The molecule has 278 valence electrons. The second-order valence-electron chi connectivity index (χ2n) is 12.2. The summed E-state index contributed by atoms with van der Waals surface area (Å²) in [5.74, 6) is -4.74. The van der Waals surface area contributed by atoms with Crippen LogP contribution < -0.4 is 31.9 Å². The Labute approximate surface area is 300 Å². The molecular formula is C34H48N8O8S. The number of aromatic amines is 1. The average Bonchev–Trinajstić information content (AvgIpc) is 3.62. The van der Waals surface area contributed by atoms with E-state index in [1.165, 1.54) is 12.5 Å². The second kappa shape index (κ2) is 22.0. The van der Waals surface area contributed by atoms with E-state index in [4.69, 9.17) is 0 Å². The number of hydrogen-bond donors (Lipinski definition) is 8. The Kier molecular flexibility index (Phi) is 17.5. The van der Waals surface area contributed by atoms with Gasteiger partial charge in [0.25, 0.3) is 0 Å². The predicted molar refractivity (Wildman–Crippen MR) is 189 cm³/mol. The number of carboxylic acids is 1. The number of rotatable bonds is 10. The zero-order valence-corrected chi connectivity index (χ0v) is 29.5. The van der Waals surface area contributed by atoms with E-state index < -0.39 is 65.4 Å². The van der Waals surface area contributed by atoms with Crippen LogP contribution in [-0.2, 0) is 46.4 Å². The van der Waals surface area contributed by atoms with E-state index in [9.17, 15) is 38.7 Å². The Morgan fingerprint density at radius 2 is 1.59 bits per heavy atom. The van der Waals surface area contributed by atoms with Gasteiger partial charge in [-0.2, -0.15) is 0 Å². The third-order valence-electron chi connectivity index (χ3n) is 8.01. The highest BCUT2D eigenvalue weighted by molar-refractivity contribution is 8.00. The van der Waals surface area contributed by atoms with Crippen LogP contribution in [-0.4, -0.2) is 105 Å². The maximum Gasteiger partial charge on any atom is 0.316 e. The lowest BCUT2D eigenvalue weighted by Crippen LogP contribution is -2.58. The number of nitrogens with one attached hydrogen (secondary N) is 7. The van der Waals surface area contributed by atoms with Crippen LogP contribution in [0.25, 0.3) is 0 Å². The zero-order chi connectivity index (χ0) is 37.0. The van der Waals surface area contributed by atoms with Gasteiger partial charge in [0.05, 0.1) is 19.4 Å². The molecule has 0 spiro atoms. The Morgan fingerprint density at radius 1 is 0.882 bits per heavy atom. The lowest BCUT2D eigenvalue weighted by Gasteiger charge is -2.26. The Balaban J connectivity index is 1.91. The van der Waals surface area contributed by atoms with Crippen molar-refractivity contribution < 1.29 is 38.7 Å². The molecule has 3 rings (SSSR count). The highest BCUT2D eigenvalue weighted by atomic mass is 32.2. The molecule has 1 aliphatic heterocycles. The van der Waals surface area contributed by atoms with E-state index >= 15 is 0 Å². The van der Waals surface area contributed by atoms with Gasteiger partial charge in [-0.15, -0.1) is 11.8 Å². The zero-order valence-electron chi connectivity index (χ0n) is 28.7. The Hall–Kier alpha value is -4.93. The molecule has 1 saturated heterocycles. The number of amides is 6. The molecule has 0 bridgehead atoms. The summed E-state index contributed by atoms with van der Waals surface area (Å²) in [6.45, 7) is 1.46. The topological polar surface area (TPSA) is 241 Å². The van der Waals surface area contributed by atoms with Crippen molar-refractivity contribution in [2.45, 2.75) is 88.1 Å². The fourth-order valence-electron chi connectivity index (χ4n) is 5.18. The second-order valence-corrected chi connectivity index (χ2v) is 13.4. The Bertz CT molecular complexity index is 1460. The van der Waals surface area contributed by atoms with E-state index in [-0.39, 0.29) is 50.4 Å². The molecule has 3 unspecified atom stereocenters. The van der Waals surface area contributed by atoms with E-state index in [1.54, 1.807) is 30.3 Å². The molecule has 1 fully saturated rings. The summed E-state index contributed by atoms with van der Waals surface area (Å²) < 4.78 is 0. The molecular weight excluding hydrogens is 680 g/mol. The minimum atomic E-state index is -1.25. The van der Waals surface area contributed by atoms with Crippen molar-refractivity contribution in [2.24, 2.45) is 0 Å². The Morgan fingerprint density at radius 3 is 2.29 bits per heavy atom. The van der Waals surface area contributed by atoms with E-state index in [0.29, 0.717) is 30.5 Å². The lowest BCUT2D eigenvalue weighted by molar-refractivity contribution is -0.136. The van der Waals surface area contributed by atoms with Gasteiger partial charge in [0.2, 0.25) is 35.4 Å². The quantitative estimate of drug-likeness (QED) is 0.152. The maximum absolute atomic E-state index is 13.9. The summed E-state index contributed by atoms with van der Waals surface area (Å²) in [5, 5.41) is 24.7. The summed E-state index contributed by atoms with van der Waals surface area (Å²) in [6, 6.07) is 5.29. The average molecular weight is 729 g/mol. The summed E-state index contributed by atoms with van der Waals surface area (Å²) in [7, 11) is 0. The minimum Gasteiger partial charge on any atom is -0.480 e. The fourth-order valence-corrected chi connectivity index (χ4v) is 6.32. The number of H-pyrrole nitrogens is 1. The first kappa shape index (κ1) is 40.5. The van der Waals surface area contributed by atoms with Crippen molar-refractivity contribution in [3.8, 4) is 0 Å². The van der Waals surface area contributed by atoms with Gasteiger partial charge in [-0.25, -0.2) is 4.98 Å². The van der Waals surface area contributed by atoms with Crippen molar-refractivity contribution in [1.82, 2.24) is 41.9 Å². The van der Waals surface area contributed by atoms with Gasteiger partial charge in [-0.1, -0.05) is 56.5 Å². The molecule has 8 N–H and O–H groups in total. The summed E-state index contributed by atoms with van der Waals surface area (Å²) in [5.41, 5.74) is 1.22. The number of benzene rings is 1. The first-order valence-corrected chi connectivity index (χ1v) is 18.2. The predicted octanol–water partition coefficient (Wildman–Crippen LogP) is -0.0515. The molecule has 1 aliphatic rings. The summed E-state index contributed by atoms with van der Waals surface area (Å²) in [6.07, 6.45) is 6.51. The van der Waals surface area contributed by atoms with Crippen LogP contribution >= 0.6 is 11.8 Å².